The molecule has 18 heavy (non-hydrogen) atoms. The van der Waals surface area contributed by atoms with Crippen molar-refractivity contribution in [2.75, 3.05) is 19.0 Å². The zero-order valence-corrected chi connectivity index (χ0v) is 12.2. The molecule has 108 valence electrons. The van der Waals surface area contributed by atoms with E-state index in [0.29, 0.717) is 13.2 Å². The van der Waals surface area contributed by atoms with Gasteiger partial charge >= 0.3 is 5.97 Å². The molecular formula is C11H23NO5S. The molecule has 0 spiro atoms. The average molecular weight is 281 g/mol. The van der Waals surface area contributed by atoms with Gasteiger partial charge in [-0.2, -0.15) is 0 Å². The van der Waals surface area contributed by atoms with Gasteiger partial charge in [0.2, 0.25) is 10.0 Å². The van der Waals surface area contributed by atoms with Crippen molar-refractivity contribution >= 4 is 16.0 Å². The predicted octanol–water partition coefficient (Wildman–Crippen LogP) is 0.688. The van der Waals surface area contributed by atoms with Crippen molar-refractivity contribution in [3.63, 3.8) is 0 Å². The SMILES string of the molecule is CCOCC(C)CS(=O)(=O)N[C@H](C(=O)O)C(C)C. The van der Waals surface area contributed by atoms with E-state index >= 15 is 0 Å². The molecule has 0 rings (SSSR count). The van der Waals surface area contributed by atoms with Crippen molar-refractivity contribution in [2.24, 2.45) is 11.8 Å². The molecule has 0 bridgehead atoms. The molecule has 0 fully saturated rings. The van der Waals surface area contributed by atoms with Gasteiger partial charge in [-0.1, -0.05) is 20.8 Å². The van der Waals surface area contributed by atoms with Crippen LogP contribution in [0.4, 0.5) is 0 Å². The van der Waals surface area contributed by atoms with Crippen LogP contribution in [0.15, 0.2) is 0 Å². The number of rotatable bonds is 9. The van der Waals surface area contributed by atoms with Crippen LogP contribution in [0.1, 0.15) is 27.7 Å². The maximum atomic E-state index is 11.8. The Hall–Kier alpha value is -0.660. The number of sulfonamides is 1. The minimum atomic E-state index is -3.61. The number of carboxylic acids is 1. The molecule has 0 aromatic carbocycles. The van der Waals surface area contributed by atoms with Crippen LogP contribution in [0.2, 0.25) is 0 Å². The number of aliphatic carboxylic acids is 1. The lowest BCUT2D eigenvalue weighted by Gasteiger charge is -2.19. The van der Waals surface area contributed by atoms with Gasteiger partial charge in [-0.3, -0.25) is 4.79 Å². The van der Waals surface area contributed by atoms with Crippen LogP contribution in [-0.2, 0) is 19.6 Å². The number of carboxylic acid groups (broad SMARTS) is 1. The molecule has 0 saturated carbocycles. The molecule has 0 aliphatic heterocycles. The Bertz CT molecular complexity index is 352. The predicted molar refractivity (Wildman–Crippen MR) is 68.8 cm³/mol. The summed E-state index contributed by atoms with van der Waals surface area (Å²) in [5, 5.41) is 8.93. The fourth-order valence-electron chi connectivity index (χ4n) is 1.45. The monoisotopic (exact) mass is 281 g/mol. The topological polar surface area (TPSA) is 92.7 Å². The van der Waals surface area contributed by atoms with Gasteiger partial charge in [0.25, 0.3) is 0 Å². The Morgan fingerprint density at radius 1 is 1.33 bits per heavy atom. The van der Waals surface area contributed by atoms with Gasteiger partial charge in [-0.05, 0) is 18.8 Å². The minimum absolute atomic E-state index is 0.135. The summed E-state index contributed by atoms with van der Waals surface area (Å²) in [7, 11) is -3.61. The van der Waals surface area contributed by atoms with Gasteiger partial charge in [0.1, 0.15) is 6.04 Å². The Morgan fingerprint density at radius 3 is 2.28 bits per heavy atom. The summed E-state index contributed by atoms with van der Waals surface area (Å²) in [6, 6.07) is -1.09. The van der Waals surface area contributed by atoms with Crippen molar-refractivity contribution in [1.29, 1.82) is 0 Å². The van der Waals surface area contributed by atoms with Crippen LogP contribution in [0.3, 0.4) is 0 Å². The molecule has 0 aliphatic rings. The zero-order valence-electron chi connectivity index (χ0n) is 11.3. The fraction of sp³-hybridized carbons (Fsp3) is 0.909. The van der Waals surface area contributed by atoms with E-state index in [9.17, 15) is 13.2 Å². The average Bonchev–Trinajstić information content (AvgIpc) is 2.21. The van der Waals surface area contributed by atoms with E-state index in [1.54, 1.807) is 20.8 Å². The quantitative estimate of drug-likeness (QED) is 0.648. The van der Waals surface area contributed by atoms with E-state index < -0.39 is 22.0 Å². The van der Waals surface area contributed by atoms with Gasteiger partial charge < -0.3 is 9.84 Å². The molecule has 7 heteroatoms. The van der Waals surface area contributed by atoms with Crippen LogP contribution in [0, 0.1) is 11.8 Å². The highest BCUT2D eigenvalue weighted by atomic mass is 32.2. The molecule has 0 aromatic heterocycles. The molecule has 2 atom stereocenters. The van der Waals surface area contributed by atoms with Crippen molar-refractivity contribution < 1.29 is 23.1 Å². The van der Waals surface area contributed by atoms with E-state index in [2.05, 4.69) is 4.72 Å². The normalized spacial score (nSPS) is 15.6. The summed E-state index contributed by atoms with van der Waals surface area (Å²) in [4.78, 5) is 10.9. The summed E-state index contributed by atoms with van der Waals surface area (Å²) in [6.07, 6.45) is 0. The lowest BCUT2D eigenvalue weighted by atomic mass is 10.1. The van der Waals surface area contributed by atoms with Crippen LogP contribution in [0.5, 0.6) is 0 Å². The maximum absolute atomic E-state index is 11.8. The van der Waals surface area contributed by atoms with Crippen molar-refractivity contribution in [3.05, 3.63) is 0 Å². The third-order valence-electron chi connectivity index (χ3n) is 2.35. The van der Waals surface area contributed by atoms with E-state index in [-0.39, 0.29) is 17.6 Å². The second-order valence-corrected chi connectivity index (χ2v) is 6.52. The van der Waals surface area contributed by atoms with Crippen LogP contribution >= 0.6 is 0 Å². The van der Waals surface area contributed by atoms with Crippen LogP contribution in [-0.4, -0.2) is 44.5 Å². The number of hydrogen-bond acceptors (Lipinski definition) is 4. The molecule has 0 amide bonds. The first-order chi connectivity index (χ1) is 8.19. The minimum Gasteiger partial charge on any atom is -0.480 e. The third kappa shape index (κ3) is 6.93. The zero-order chi connectivity index (χ0) is 14.3. The summed E-state index contributed by atoms with van der Waals surface area (Å²) in [5.74, 6) is -1.78. The fourth-order valence-corrected chi connectivity index (χ4v) is 3.16. The lowest BCUT2D eigenvalue weighted by Crippen LogP contribution is -2.46. The molecule has 0 aliphatic carbocycles. The van der Waals surface area contributed by atoms with Crippen LogP contribution < -0.4 is 4.72 Å². The molecule has 1 unspecified atom stereocenters. The molecule has 6 nitrogen and oxygen atoms in total. The molecule has 2 N–H and O–H groups in total. The van der Waals surface area contributed by atoms with Crippen LogP contribution in [0.25, 0.3) is 0 Å². The Morgan fingerprint density at radius 2 is 1.89 bits per heavy atom. The Labute approximate surface area is 109 Å². The highest BCUT2D eigenvalue weighted by Gasteiger charge is 2.27. The first kappa shape index (κ1) is 17.3. The number of nitrogens with one attached hydrogen (secondary N) is 1. The highest BCUT2D eigenvalue weighted by molar-refractivity contribution is 7.89. The lowest BCUT2D eigenvalue weighted by molar-refractivity contribution is -0.140. The molecule has 0 aromatic rings. The number of carbonyl (C=O) groups is 1. The summed E-state index contributed by atoms with van der Waals surface area (Å²) in [5.41, 5.74) is 0. The smallest absolute Gasteiger partial charge is 0.321 e. The molecule has 0 heterocycles. The standard InChI is InChI=1S/C11H23NO5S/c1-5-17-6-9(4)7-18(15,16)12-10(8(2)3)11(13)14/h8-10,12H,5-7H2,1-4H3,(H,13,14)/t9?,10-/m0/s1. The summed E-state index contributed by atoms with van der Waals surface area (Å²) < 4.78 is 30.9. The number of ether oxygens (including phenoxy) is 1. The van der Waals surface area contributed by atoms with Crippen molar-refractivity contribution in [2.45, 2.75) is 33.7 Å². The first-order valence-electron chi connectivity index (χ1n) is 6.00. The van der Waals surface area contributed by atoms with E-state index in [0.717, 1.165) is 0 Å². The summed E-state index contributed by atoms with van der Waals surface area (Å²) >= 11 is 0. The van der Waals surface area contributed by atoms with Crippen molar-refractivity contribution in [3.8, 4) is 0 Å². The largest absolute Gasteiger partial charge is 0.480 e. The van der Waals surface area contributed by atoms with Gasteiger partial charge in [0.05, 0.1) is 12.4 Å². The second-order valence-electron chi connectivity index (χ2n) is 4.72. The third-order valence-corrected chi connectivity index (χ3v) is 3.97. The maximum Gasteiger partial charge on any atom is 0.321 e. The van der Waals surface area contributed by atoms with E-state index in [1.807, 2.05) is 6.92 Å². The van der Waals surface area contributed by atoms with E-state index in [1.165, 1.54) is 0 Å². The Balaban J connectivity index is 4.50. The molecule has 0 saturated heterocycles. The van der Waals surface area contributed by atoms with Gasteiger partial charge in [-0.25, -0.2) is 13.1 Å². The number of hydrogen-bond donors (Lipinski definition) is 2. The van der Waals surface area contributed by atoms with Crippen molar-refractivity contribution in [1.82, 2.24) is 4.72 Å². The molecular weight excluding hydrogens is 258 g/mol. The van der Waals surface area contributed by atoms with Gasteiger partial charge in [-0.15, -0.1) is 0 Å². The molecule has 0 radical (unpaired) electrons. The summed E-state index contributed by atoms with van der Waals surface area (Å²) in [6.45, 7) is 7.77. The van der Waals surface area contributed by atoms with E-state index in [4.69, 9.17) is 9.84 Å². The second kappa shape index (κ2) is 7.70. The highest BCUT2D eigenvalue weighted by Crippen LogP contribution is 2.07. The Kier molecular flexibility index (Phi) is 7.42. The first-order valence-corrected chi connectivity index (χ1v) is 7.65. The van der Waals surface area contributed by atoms with Gasteiger partial charge in [0.15, 0.2) is 0 Å². The van der Waals surface area contributed by atoms with Gasteiger partial charge in [0, 0.05) is 6.61 Å².